The predicted molar refractivity (Wildman–Crippen MR) is 51.7 cm³/mol. The van der Waals surface area contributed by atoms with Crippen molar-refractivity contribution in [3.8, 4) is 0 Å². The molecule has 1 nitrogen and oxygen atoms in total. The van der Waals surface area contributed by atoms with Crippen molar-refractivity contribution < 1.29 is 4.42 Å². The molecule has 0 aromatic carbocycles. The van der Waals surface area contributed by atoms with E-state index in [1.54, 1.807) is 12.5 Å². The second kappa shape index (κ2) is 4.39. The van der Waals surface area contributed by atoms with Crippen LogP contribution in [-0.2, 0) is 0 Å². The first-order chi connectivity index (χ1) is 5.88. The molecule has 0 aliphatic carbocycles. The third-order valence-electron chi connectivity index (χ3n) is 1.54. The molecule has 1 heteroatoms. The molecule has 62 valence electrons. The zero-order valence-electron chi connectivity index (χ0n) is 7.16. The normalized spacial score (nSPS) is 12.2. The topological polar surface area (TPSA) is 13.1 Å². The van der Waals surface area contributed by atoms with Gasteiger partial charge in [-0.2, -0.15) is 0 Å². The number of hydrogen-bond acceptors (Lipinski definition) is 1. The van der Waals surface area contributed by atoms with Gasteiger partial charge in [-0.15, -0.1) is 0 Å². The molecule has 1 aromatic heterocycles. The summed E-state index contributed by atoms with van der Waals surface area (Å²) in [5.41, 5.74) is 2.13. The van der Waals surface area contributed by atoms with E-state index in [4.69, 9.17) is 4.42 Å². The van der Waals surface area contributed by atoms with E-state index in [0.29, 0.717) is 0 Å². The maximum absolute atomic E-state index is 4.96. The molecule has 0 unspecified atom stereocenters. The molecule has 0 aliphatic rings. The molecule has 0 N–H and O–H groups in total. The van der Waals surface area contributed by atoms with Crippen LogP contribution in [0, 0.1) is 0 Å². The Kier molecular flexibility index (Phi) is 3.15. The molecule has 0 radical (unpaired) electrons. The first-order valence-electron chi connectivity index (χ1n) is 3.86. The Balaban J connectivity index is 2.90. The Hall–Kier alpha value is -1.50. The third-order valence-corrected chi connectivity index (χ3v) is 1.54. The van der Waals surface area contributed by atoms with Crippen LogP contribution in [0.1, 0.15) is 12.5 Å². The molecule has 1 aromatic rings. The Morgan fingerprint density at radius 1 is 1.58 bits per heavy atom. The van der Waals surface area contributed by atoms with Crippen molar-refractivity contribution >= 4 is 5.57 Å². The lowest BCUT2D eigenvalue weighted by molar-refractivity contribution is 0.566. The minimum atomic E-state index is 1.06. The lowest BCUT2D eigenvalue weighted by Gasteiger charge is -1.92. The number of allylic oxidation sites excluding steroid dienone is 5. The quantitative estimate of drug-likeness (QED) is 0.617. The van der Waals surface area contributed by atoms with E-state index in [2.05, 4.69) is 6.58 Å². The molecule has 0 saturated carbocycles. The molecule has 0 atom stereocenters. The Bertz CT molecular complexity index is 289. The molecule has 12 heavy (non-hydrogen) atoms. The van der Waals surface area contributed by atoms with Crippen molar-refractivity contribution in [1.29, 1.82) is 0 Å². The zero-order valence-corrected chi connectivity index (χ0v) is 7.16. The third kappa shape index (κ3) is 1.99. The lowest BCUT2D eigenvalue weighted by atomic mass is 10.1. The van der Waals surface area contributed by atoms with Crippen molar-refractivity contribution in [3.05, 3.63) is 55.0 Å². The van der Waals surface area contributed by atoms with Crippen molar-refractivity contribution in [2.45, 2.75) is 6.92 Å². The highest BCUT2D eigenvalue weighted by Gasteiger charge is 1.95. The predicted octanol–water partition coefficient (Wildman–Crippen LogP) is 3.43. The van der Waals surface area contributed by atoms with E-state index in [9.17, 15) is 0 Å². The van der Waals surface area contributed by atoms with Gasteiger partial charge in [0.05, 0.1) is 12.5 Å². The molecule has 1 heterocycles. The van der Waals surface area contributed by atoms with Gasteiger partial charge in [-0.05, 0) is 18.6 Å². The molecule has 1 rings (SSSR count). The average molecular weight is 160 g/mol. The van der Waals surface area contributed by atoms with Gasteiger partial charge in [0.1, 0.15) is 0 Å². The molecule has 0 spiro atoms. The molecular weight excluding hydrogens is 148 g/mol. The van der Waals surface area contributed by atoms with Crippen LogP contribution in [0.5, 0.6) is 0 Å². The fourth-order valence-corrected chi connectivity index (χ4v) is 0.911. The number of furan rings is 1. The summed E-state index contributed by atoms with van der Waals surface area (Å²) in [4.78, 5) is 0. The van der Waals surface area contributed by atoms with E-state index in [1.807, 2.05) is 37.3 Å². The van der Waals surface area contributed by atoms with E-state index in [0.717, 1.165) is 11.1 Å². The second-order valence-corrected chi connectivity index (χ2v) is 2.36. The largest absolute Gasteiger partial charge is 0.472 e. The van der Waals surface area contributed by atoms with Crippen molar-refractivity contribution in [1.82, 2.24) is 0 Å². The summed E-state index contributed by atoms with van der Waals surface area (Å²) in [5.74, 6) is 0. The van der Waals surface area contributed by atoms with Crippen LogP contribution in [0.3, 0.4) is 0 Å². The van der Waals surface area contributed by atoms with E-state index < -0.39 is 0 Å². The molecular formula is C11H12O. The molecule has 0 amide bonds. The highest BCUT2D eigenvalue weighted by Crippen LogP contribution is 2.15. The smallest absolute Gasteiger partial charge is 0.0980 e. The maximum atomic E-state index is 4.96. The van der Waals surface area contributed by atoms with E-state index >= 15 is 0 Å². The SMILES string of the molecule is C=C/C(=C\C=C/C)c1ccoc1. The number of rotatable bonds is 3. The first kappa shape index (κ1) is 8.60. The van der Waals surface area contributed by atoms with Crippen LogP contribution < -0.4 is 0 Å². The summed E-state index contributed by atoms with van der Waals surface area (Å²) in [6, 6.07) is 1.91. The minimum absolute atomic E-state index is 1.06. The van der Waals surface area contributed by atoms with Gasteiger partial charge in [0.2, 0.25) is 0 Å². The van der Waals surface area contributed by atoms with Crippen molar-refractivity contribution in [2.75, 3.05) is 0 Å². The van der Waals surface area contributed by atoms with Crippen LogP contribution in [-0.4, -0.2) is 0 Å². The first-order valence-corrected chi connectivity index (χ1v) is 3.86. The highest BCUT2D eigenvalue weighted by atomic mass is 16.3. The fourth-order valence-electron chi connectivity index (χ4n) is 0.911. The van der Waals surface area contributed by atoms with E-state index in [1.165, 1.54) is 0 Å². The van der Waals surface area contributed by atoms with Gasteiger partial charge < -0.3 is 4.42 Å². The monoisotopic (exact) mass is 160 g/mol. The van der Waals surface area contributed by atoms with Gasteiger partial charge in [-0.1, -0.05) is 30.9 Å². The summed E-state index contributed by atoms with van der Waals surface area (Å²) in [6.07, 6.45) is 11.1. The van der Waals surface area contributed by atoms with Crippen LogP contribution in [0.25, 0.3) is 5.57 Å². The van der Waals surface area contributed by atoms with Crippen LogP contribution in [0.15, 0.2) is 53.9 Å². The van der Waals surface area contributed by atoms with Crippen LogP contribution >= 0.6 is 0 Å². The zero-order chi connectivity index (χ0) is 8.81. The lowest BCUT2D eigenvalue weighted by Crippen LogP contribution is -1.72. The Labute approximate surface area is 72.7 Å². The molecule has 0 saturated heterocycles. The van der Waals surface area contributed by atoms with Gasteiger partial charge in [-0.3, -0.25) is 0 Å². The standard InChI is InChI=1S/C11H12O/c1-3-5-6-10(4-2)11-7-8-12-9-11/h3-9H,2H2,1H3/b5-3-,10-6+. The van der Waals surface area contributed by atoms with Crippen molar-refractivity contribution in [2.24, 2.45) is 0 Å². The maximum Gasteiger partial charge on any atom is 0.0980 e. The number of hydrogen-bond donors (Lipinski definition) is 0. The van der Waals surface area contributed by atoms with Gasteiger partial charge in [0, 0.05) is 5.56 Å². The summed E-state index contributed by atoms with van der Waals surface area (Å²) < 4.78 is 4.96. The van der Waals surface area contributed by atoms with E-state index in [-0.39, 0.29) is 0 Å². The summed E-state index contributed by atoms with van der Waals surface area (Å²) in [6.45, 7) is 5.70. The fraction of sp³-hybridized carbons (Fsp3) is 0.0909. The van der Waals surface area contributed by atoms with Gasteiger partial charge in [0.15, 0.2) is 0 Å². The molecule has 0 fully saturated rings. The van der Waals surface area contributed by atoms with Crippen LogP contribution in [0.2, 0.25) is 0 Å². The van der Waals surface area contributed by atoms with Crippen molar-refractivity contribution in [3.63, 3.8) is 0 Å². The minimum Gasteiger partial charge on any atom is -0.472 e. The van der Waals surface area contributed by atoms with Crippen LogP contribution in [0.4, 0.5) is 0 Å². The second-order valence-electron chi connectivity index (χ2n) is 2.36. The summed E-state index contributed by atoms with van der Waals surface area (Å²) in [7, 11) is 0. The summed E-state index contributed by atoms with van der Waals surface area (Å²) in [5, 5.41) is 0. The average Bonchev–Trinajstić information content (AvgIpc) is 2.59. The highest BCUT2D eigenvalue weighted by molar-refractivity contribution is 5.73. The van der Waals surface area contributed by atoms with Gasteiger partial charge in [0.25, 0.3) is 0 Å². The molecule has 0 bridgehead atoms. The van der Waals surface area contributed by atoms with Gasteiger partial charge in [-0.25, -0.2) is 0 Å². The Morgan fingerprint density at radius 3 is 2.92 bits per heavy atom. The van der Waals surface area contributed by atoms with Gasteiger partial charge >= 0.3 is 0 Å². The summed E-state index contributed by atoms with van der Waals surface area (Å²) >= 11 is 0. The Morgan fingerprint density at radius 2 is 2.42 bits per heavy atom. The molecule has 0 aliphatic heterocycles.